The zero-order valence-electron chi connectivity index (χ0n) is 9.66. The number of aliphatic imine (C=N–C) groups is 1. The van der Waals surface area contributed by atoms with Crippen molar-refractivity contribution in [3.8, 4) is 0 Å². The summed E-state index contributed by atoms with van der Waals surface area (Å²) < 4.78 is 10.4. The highest BCUT2D eigenvalue weighted by Crippen LogP contribution is 2.24. The van der Waals surface area contributed by atoms with Gasteiger partial charge in [-0.3, -0.25) is 9.79 Å². The standard InChI is InChI=1S/C11H19NO3/c1-4-14-10-9(11(13)15-5-2)8(3)6-7-12-10/h8-9H,4-7H2,1-3H3/t8-,9-/m1/s1. The molecule has 0 fully saturated rings. The van der Waals surface area contributed by atoms with Gasteiger partial charge in [-0.2, -0.15) is 0 Å². The molecule has 1 rings (SSSR count). The fourth-order valence-electron chi connectivity index (χ4n) is 1.74. The van der Waals surface area contributed by atoms with Crippen molar-refractivity contribution in [2.75, 3.05) is 19.8 Å². The maximum Gasteiger partial charge on any atom is 0.318 e. The second kappa shape index (κ2) is 5.73. The Morgan fingerprint density at radius 3 is 2.80 bits per heavy atom. The predicted octanol–water partition coefficient (Wildman–Crippen LogP) is 1.64. The fraction of sp³-hybridized carbons (Fsp3) is 0.818. The summed E-state index contributed by atoms with van der Waals surface area (Å²) in [7, 11) is 0. The summed E-state index contributed by atoms with van der Waals surface area (Å²) >= 11 is 0. The molecule has 0 unspecified atom stereocenters. The molecule has 1 aliphatic rings. The molecule has 86 valence electrons. The van der Waals surface area contributed by atoms with Gasteiger partial charge in [-0.1, -0.05) is 6.92 Å². The lowest BCUT2D eigenvalue weighted by Crippen LogP contribution is -2.36. The molecule has 0 amide bonds. The lowest BCUT2D eigenvalue weighted by Gasteiger charge is -2.26. The Balaban J connectivity index is 2.74. The Kier molecular flexibility index (Phi) is 4.59. The van der Waals surface area contributed by atoms with Gasteiger partial charge in [0.1, 0.15) is 5.92 Å². The Morgan fingerprint density at radius 2 is 2.20 bits per heavy atom. The molecule has 15 heavy (non-hydrogen) atoms. The van der Waals surface area contributed by atoms with Crippen LogP contribution in [0.15, 0.2) is 4.99 Å². The van der Waals surface area contributed by atoms with E-state index in [1.807, 2.05) is 20.8 Å². The minimum Gasteiger partial charge on any atom is -0.481 e. The van der Waals surface area contributed by atoms with E-state index in [2.05, 4.69) is 4.99 Å². The topological polar surface area (TPSA) is 47.9 Å². The van der Waals surface area contributed by atoms with Gasteiger partial charge in [-0.05, 0) is 26.2 Å². The first-order valence-corrected chi connectivity index (χ1v) is 5.54. The average molecular weight is 213 g/mol. The maximum atomic E-state index is 11.7. The van der Waals surface area contributed by atoms with Crippen LogP contribution in [0.25, 0.3) is 0 Å². The van der Waals surface area contributed by atoms with E-state index in [-0.39, 0.29) is 17.8 Å². The van der Waals surface area contributed by atoms with Crippen molar-refractivity contribution in [2.45, 2.75) is 27.2 Å². The van der Waals surface area contributed by atoms with Crippen LogP contribution in [0.1, 0.15) is 27.2 Å². The second-order valence-corrected chi connectivity index (χ2v) is 3.65. The van der Waals surface area contributed by atoms with Crippen molar-refractivity contribution in [2.24, 2.45) is 16.8 Å². The van der Waals surface area contributed by atoms with E-state index in [0.717, 1.165) is 13.0 Å². The molecule has 2 atom stereocenters. The zero-order chi connectivity index (χ0) is 11.3. The third kappa shape index (κ3) is 2.94. The molecule has 0 aromatic rings. The maximum absolute atomic E-state index is 11.7. The second-order valence-electron chi connectivity index (χ2n) is 3.65. The van der Waals surface area contributed by atoms with Crippen LogP contribution < -0.4 is 0 Å². The normalized spacial score (nSPS) is 25.7. The molecule has 0 aliphatic carbocycles. The van der Waals surface area contributed by atoms with Crippen molar-refractivity contribution in [3.05, 3.63) is 0 Å². The van der Waals surface area contributed by atoms with Crippen LogP contribution in [0.5, 0.6) is 0 Å². The molecule has 0 N–H and O–H groups in total. The Hall–Kier alpha value is -1.06. The van der Waals surface area contributed by atoms with Gasteiger partial charge < -0.3 is 9.47 Å². The number of esters is 1. The Morgan fingerprint density at radius 1 is 1.47 bits per heavy atom. The third-order valence-corrected chi connectivity index (χ3v) is 2.52. The molecular formula is C11H19NO3. The summed E-state index contributed by atoms with van der Waals surface area (Å²) in [6, 6.07) is 0. The minimum absolute atomic E-state index is 0.211. The molecule has 0 aromatic heterocycles. The molecule has 0 spiro atoms. The van der Waals surface area contributed by atoms with Gasteiger partial charge in [0.15, 0.2) is 5.90 Å². The predicted molar refractivity (Wildman–Crippen MR) is 57.8 cm³/mol. The van der Waals surface area contributed by atoms with E-state index in [1.54, 1.807) is 0 Å². The largest absolute Gasteiger partial charge is 0.481 e. The first-order chi connectivity index (χ1) is 7.20. The summed E-state index contributed by atoms with van der Waals surface area (Å²) in [4.78, 5) is 16.0. The van der Waals surface area contributed by atoms with Gasteiger partial charge in [-0.25, -0.2) is 0 Å². The van der Waals surface area contributed by atoms with Gasteiger partial charge in [0, 0.05) is 6.54 Å². The Labute approximate surface area is 90.7 Å². The van der Waals surface area contributed by atoms with Crippen molar-refractivity contribution >= 4 is 11.9 Å². The molecule has 0 bridgehead atoms. The van der Waals surface area contributed by atoms with Crippen molar-refractivity contribution in [1.82, 2.24) is 0 Å². The first-order valence-electron chi connectivity index (χ1n) is 5.54. The van der Waals surface area contributed by atoms with E-state index < -0.39 is 0 Å². The van der Waals surface area contributed by atoms with Crippen molar-refractivity contribution in [3.63, 3.8) is 0 Å². The monoisotopic (exact) mass is 213 g/mol. The van der Waals surface area contributed by atoms with Crippen LogP contribution in [-0.2, 0) is 14.3 Å². The highest BCUT2D eigenvalue weighted by molar-refractivity contribution is 5.98. The molecule has 1 heterocycles. The quantitative estimate of drug-likeness (QED) is 0.669. The van der Waals surface area contributed by atoms with Crippen LogP contribution in [-0.4, -0.2) is 31.6 Å². The van der Waals surface area contributed by atoms with Crippen LogP contribution in [0.4, 0.5) is 0 Å². The van der Waals surface area contributed by atoms with Crippen LogP contribution in [0.2, 0.25) is 0 Å². The van der Waals surface area contributed by atoms with Gasteiger partial charge in [0.2, 0.25) is 0 Å². The molecule has 0 aromatic carbocycles. The molecule has 1 aliphatic heterocycles. The van der Waals surface area contributed by atoms with E-state index >= 15 is 0 Å². The molecule has 0 radical (unpaired) electrons. The van der Waals surface area contributed by atoms with E-state index in [4.69, 9.17) is 9.47 Å². The summed E-state index contributed by atoms with van der Waals surface area (Å²) in [6.07, 6.45) is 0.917. The van der Waals surface area contributed by atoms with Crippen LogP contribution in [0.3, 0.4) is 0 Å². The van der Waals surface area contributed by atoms with E-state index in [9.17, 15) is 4.79 Å². The molecular weight excluding hydrogens is 194 g/mol. The highest BCUT2D eigenvalue weighted by Gasteiger charge is 2.35. The fourth-order valence-corrected chi connectivity index (χ4v) is 1.74. The molecule has 0 saturated carbocycles. The lowest BCUT2D eigenvalue weighted by atomic mass is 9.89. The SMILES string of the molecule is CCOC(=O)[C@H]1C(OCC)=NCC[C@H]1C. The van der Waals surface area contributed by atoms with Gasteiger partial charge in [0.25, 0.3) is 0 Å². The summed E-state index contributed by atoms with van der Waals surface area (Å²) in [6.45, 7) is 7.43. The van der Waals surface area contributed by atoms with Gasteiger partial charge in [0.05, 0.1) is 13.2 Å². The van der Waals surface area contributed by atoms with E-state index in [1.165, 1.54) is 0 Å². The number of hydrogen-bond donors (Lipinski definition) is 0. The van der Waals surface area contributed by atoms with Crippen molar-refractivity contribution in [1.29, 1.82) is 0 Å². The lowest BCUT2D eigenvalue weighted by molar-refractivity contribution is -0.147. The van der Waals surface area contributed by atoms with Crippen LogP contribution >= 0.6 is 0 Å². The zero-order valence-corrected chi connectivity index (χ0v) is 9.66. The molecule has 0 saturated heterocycles. The number of carbonyl (C=O) groups excluding carboxylic acids is 1. The third-order valence-electron chi connectivity index (χ3n) is 2.52. The van der Waals surface area contributed by atoms with Gasteiger partial charge in [-0.15, -0.1) is 0 Å². The van der Waals surface area contributed by atoms with Gasteiger partial charge >= 0.3 is 5.97 Å². The number of carbonyl (C=O) groups is 1. The minimum atomic E-state index is -0.307. The first kappa shape index (κ1) is 12.0. The summed E-state index contributed by atoms with van der Waals surface area (Å²) in [5, 5.41) is 0. The van der Waals surface area contributed by atoms with Crippen molar-refractivity contribution < 1.29 is 14.3 Å². The number of ether oxygens (including phenoxy) is 2. The summed E-state index contributed by atoms with van der Waals surface area (Å²) in [5.41, 5.74) is 0. The highest BCUT2D eigenvalue weighted by atomic mass is 16.5. The van der Waals surface area contributed by atoms with E-state index in [0.29, 0.717) is 19.1 Å². The Bertz CT molecular complexity index is 250. The number of hydrogen-bond acceptors (Lipinski definition) is 4. The number of rotatable bonds is 3. The van der Waals surface area contributed by atoms with Crippen LogP contribution in [0, 0.1) is 11.8 Å². The number of nitrogens with zero attached hydrogens (tertiary/aromatic N) is 1. The molecule has 4 nitrogen and oxygen atoms in total. The molecule has 4 heteroatoms. The average Bonchev–Trinajstić information content (AvgIpc) is 2.18. The smallest absolute Gasteiger partial charge is 0.318 e. The summed E-state index contributed by atoms with van der Waals surface area (Å²) in [5.74, 6) is 0.286.